The number of rotatable bonds is 6. The molecule has 160 valence electrons. The number of imide groups is 1. The number of hydrogen-bond donors (Lipinski definition) is 2. The Balaban J connectivity index is 1.26. The Bertz CT molecular complexity index is 835. The zero-order valence-electron chi connectivity index (χ0n) is 17.1. The average Bonchev–Trinajstić information content (AvgIpc) is 3.48. The normalized spacial score (nSPS) is 22.6. The van der Waals surface area contributed by atoms with Crippen LogP contribution in [0.4, 0.5) is 4.79 Å². The molecule has 2 N–H and O–H groups in total. The third kappa shape index (κ3) is 3.78. The first-order valence-corrected chi connectivity index (χ1v) is 10.8. The molecule has 8 heteroatoms. The smallest absolute Gasteiger partial charge is 0.325 e. The second-order valence-corrected chi connectivity index (χ2v) is 8.34. The number of amides is 5. The highest BCUT2D eigenvalue weighted by atomic mass is 16.2. The van der Waals surface area contributed by atoms with E-state index in [2.05, 4.69) is 10.6 Å². The number of nitrogens with one attached hydrogen (secondary N) is 2. The lowest BCUT2D eigenvalue weighted by atomic mass is 9.98. The van der Waals surface area contributed by atoms with E-state index in [1.54, 1.807) is 17.0 Å². The minimum Gasteiger partial charge on any atom is -0.354 e. The predicted octanol–water partition coefficient (Wildman–Crippen LogP) is 1.66. The Hall–Kier alpha value is -2.90. The Labute approximate surface area is 176 Å². The van der Waals surface area contributed by atoms with Gasteiger partial charge in [-0.15, -0.1) is 0 Å². The van der Waals surface area contributed by atoms with E-state index in [0.29, 0.717) is 44.3 Å². The van der Waals surface area contributed by atoms with Crippen LogP contribution in [0.15, 0.2) is 30.3 Å². The number of carbonyl (C=O) groups is 4. The molecule has 1 atom stereocenters. The van der Waals surface area contributed by atoms with Gasteiger partial charge in [-0.1, -0.05) is 31.0 Å². The van der Waals surface area contributed by atoms with Crippen molar-refractivity contribution in [3.8, 4) is 0 Å². The summed E-state index contributed by atoms with van der Waals surface area (Å²) < 4.78 is 0. The Morgan fingerprint density at radius 2 is 1.83 bits per heavy atom. The van der Waals surface area contributed by atoms with E-state index in [1.165, 1.54) is 4.90 Å². The van der Waals surface area contributed by atoms with Crippen LogP contribution in [0.25, 0.3) is 0 Å². The first kappa shape index (κ1) is 20.4. The topological polar surface area (TPSA) is 98.8 Å². The standard InChI is InChI=1S/C22H28N4O4/c27-18(17-10-6-14-25(17)19(28)16-8-2-1-3-9-16)23-13-7-15-26-20(29)22(24-21(26)30)11-4-5-12-22/h1-3,8-9,17H,4-7,10-15H2,(H,23,27)(H,24,30). The number of benzene rings is 1. The summed E-state index contributed by atoms with van der Waals surface area (Å²) in [6.07, 6.45) is 5.24. The van der Waals surface area contributed by atoms with Gasteiger partial charge in [0.1, 0.15) is 11.6 Å². The highest BCUT2D eigenvalue weighted by Gasteiger charge is 2.52. The highest BCUT2D eigenvalue weighted by molar-refractivity contribution is 6.07. The fourth-order valence-corrected chi connectivity index (χ4v) is 4.79. The van der Waals surface area contributed by atoms with Gasteiger partial charge in [0.25, 0.3) is 11.8 Å². The SMILES string of the molecule is O=C(NCCCN1C(=O)NC2(CCCC2)C1=O)C1CCCN1C(=O)c1ccccc1. The average molecular weight is 412 g/mol. The summed E-state index contributed by atoms with van der Waals surface area (Å²) in [5, 5.41) is 5.74. The summed E-state index contributed by atoms with van der Waals surface area (Å²) in [6, 6.07) is 8.17. The summed E-state index contributed by atoms with van der Waals surface area (Å²) in [7, 11) is 0. The van der Waals surface area contributed by atoms with Crippen molar-refractivity contribution in [1.82, 2.24) is 20.4 Å². The molecule has 1 aromatic rings. The first-order valence-electron chi connectivity index (χ1n) is 10.8. The molecule has 2 aliphatic heterocycles. The van der Waals surface area contributed by atoms with Crippen LogP contribution in [-0.4, -0.2) is 64.8 Å². The van der Waals surface area contributed by atoms with Crippen LogP contribution in [0, 0.1) is 0 Å². The molecule has 4 rings (SSSR count). The van der Waals surface area contributed by atoms with Gasteiger partial charge in [0, 0.05) is 25.2 Å². The number of carbonyl (C=O) groups excluding carboxylic acids is 4. The van der Waals surface area contributed by atoms with Gasteiger partial charge in [-0.25, -0.2) is 4.79 Å². The second kappa shape index (κ2) is 8.45. The Morgan fingerprint density at radius 1 is 1.10 bits per heavy atom. The molecule has 1 aromatic carbocycles. The molecule has 2 heterocycles. The Kier molecular flexibility index (Phi) is 5.74. The maximum atomic E-state index is 12.7. The van der Waals surface area contributed by atoms with E-state index >= 15 is 0 Å². The quantitative estimate of drug-likeness (QED) is 0.548. The number of urea groups is 1. The highest BCUT2D eigenvalue weighted by Crippen LogP contribution is 2.35. The predicted molar refractivity (Wildman–Crippen MR) is 110 cm³/mol. The molecular weight excluding hydrogens is 384 g/mol. The number of likely N-dealkylation sites (tertiary alicyclic amines) is 1. The van der Waals surface area contributed by atoms with Crippen molar-refractivity contribution in [2.75, 3.05) is 19.6 Å². The van der Waals surface area contributed by atoms with E-state index in [-0.39, 0.29) is 30.3 Å². The molecule has 8 nitrogen and oxygen atoms in total. The van der Waals surface area contributed by atoms with Crippen LogP contribution < -0.4 is 10.6 Å². The molecule has 0 radical (unpaired) electrons. The monoisotopic (exact) mass is 412 g/mol. The van der Waals surface area contributed by atoms with Crippen LogP contribution in [0.5, 0.6) is 0 Å². The van der Waals surface area contributed by atoms with Crippen molar-refractivity contribution in [1.29, 1.82) is 0 Å². The van der Waals surface area contributed by atoms with Crippen LogP contribution in [0.3, 0.4) is 0 Å². The van der Waals surface area contributed by atoms with Crippen molar-refractivity contribution in [2.24, 2.45) is 0 Å². The summed E-state index contributed by atoms with van der Waals surface area (Å²) in [5.41, 5.74) is -0.112. The zero-order valence-corrected chi connectivity index (χ0v) is 17.1. The van der Waals surface area contributed by atoms with Gasteiger partial charge in [-0.2, -0.15) is 0 Å². The van der Waals surface area contributed by atoms with Crippen molar-refractivity contribution in [2.45, 2.75) is 56.5 Å². The van der Waals surface area contributed by atoms with Gasteiger partial charge in [0.15, 0.2) is 0 Å². The molecule has 1 aliphatic carbocycles. The lowest BCUT2D eigenvalue weighted by molar-refractivity contribution is -0.131. The van der Waals surface area contributed by atoms with E-state index in [9.17, 15) is 19.2 Å². The van der Waals surface area contributed by atoms with Crippen molar-refractivity contribution < 1.29 is 19.2 Å². The molecule has 0 bridgehead atoms. The summed E-state index contributed by atoms with van der Waals surface area (Å²) in [6.45, 7) is 1.20. The first-order chi connectivity index (χ1) is 14.5. The lowest BCUT2D eigenvalue weighted by Crippen LogP contribution is -2.46. The van der Waals surface area contributed by atoms with E-state index in [0.717, 1.165) is 19.3 Å². The summed E-state index contributed by atoms with van der Waals surface area (Å²) in [5.74, 6) is -0.442. The summed E-state index contributed by atoms with van der Waals surface area (Å²) in [4.78, 5) is 53.1. The van der Waals surface area contributed by atoms with E-state index in [4.69, 9.17) is 0 Å². The van der Waals surface area contributed by atoms with Gasteiger partial charge in [0.05, 0.1) is 0 Å². The van der Waals surface area contributed by atoms with Gasteiger partial charge in [0.2, 0.25) is 5.91 Å². The van der Waals surface area contributed by atoms with Crippen molar-refractivity contribution in [3.63, 3.8) is 0 Å². The third-order valence-corrected chi connectivity index (χ3v) is 6.40. The van der Waals surface area contributed by atoms with Gasteiger partial charge >= 0.3 is 6.03 Å². The molecular formula is C22H28N4O4. The molecule has 2 saturated heterocycles. The largest absolute Gasteiger partial charge is 0.354 e. The molecule has 1 spiro atoms. The fourth-order valence-electron chi connectivity index (χ4n) is 4.79. The lowest BCUT2D eigenvalue weighted by Gasteiger charge is -2.24. The van der Waals surface area contributed by atoms with E-state index < -0.39 is 11.6 Å². The Morgan fingerprint density at radius 3 is 2.57 bits per heavy atom. The number of nitrogens with zero attached hydrogens (tertiary/aromatic N) is 2. The van der Waals surface area contributed by atoms with Crippen molar-refractivity contribution >= 4 is 23.8 Å². The minimum absolute atomic E-state index is 0.130. The molecule has 1 saturated carbocycles. The molecule has 3 aliphatic rings. The van der Waals surface area contributed by atoms with E-state index in [1.807, 2.05) is 18.2 Å². The molecule has 1 unspecified atom stereocenters. The van der Waals surface area contributed by atoms with Crippen molar-refractivity contribution in [3.05, 3.63) is 35.9 Å². The minimum atomic E-state index is -0.692. The fraction of sp³-hybridized carbons (Fsp3) is 0.545. The number of hydrogen-bond acceptors (Lipinski definition) is 4. The maximum absolute atomic E-state index is 12.7. The van der Waals surface area contributed by atoms with Gasteiger partial charge in [-0.3, -0.25) is 19.3 Å². The summed E-state index contributed by atoms with van der Waals surface area (Å²) >= 11 is 0. The third-order valence-electron chi connectivity index (χ3n) is 6.40. The molecule has 5 amide bonds. The zero-order chi connectivity index (χ0) is 21.1. The second-order valence-electron chi connectivity index (χ2n) is 8.34. The van der Waals surface area contributed by atoms with Gasteiger partial charge < -0.3 is 15.5 Å². The van der Waals surface area contributed by atoms with Crippen LogP contribution in [0.2, 0.25) is 0 Å². The molecule has 30 heavy (non-hydrogen) atoms. The van der Waals surface area contributed by atoms with Crippen LogP contribution >= 0.6 is 0 Å². The van der Waals surface area contributed by atoms with Crippen LogP contribution in [0.1, 0.15) is 55.3 Å². The molecule has 0 aromatic heterocycles. The maximum Gasteiger partial charge on any atom is 0.325 e. The van der Waals surface area contributed by atoms with Gasteiger partial charge in [-0.05, 0) is 44.2 Å². The van der Waals surface area contributed by atoms with Crippen LogP contribution in [-0.2, 0) is 9.59 Å². The molecule has 3 fully saturated rings.